The van der Waals surface area contributed by atoms with E-state index in [-0.39, 0.29) is 65.4 Å². The van der Waals surface area contributed by atoms with Gasteiger partial charge in [0.15, 0.2) is 0 Å². The van der Waals surface area contributed by atoms with Gasteiger partial charge in [0.1, 0.15) is 0 Å². The monoisotopic (exact) mass is 208 g/mol. The van der Waals surface area contributed by atoms with E-state index in [1.807, 2.05) is 0 Å². The van der Waals surface area contributed by atoms with Gasteiger partial charge in [-0.3, -0.25) is 7.05 Å². The summed E-state index contributed by atoms with van der Waals surface area (Å²) in [7, 11) is 2.75. The number of nitrogens with two attached hydrogens (primary N) is 1. The summed E-state index contributed by atoms with van der Waals surface area (Å²) in [6.07, 6.45) is 0. The SMILES string of the molecule is [CH2-]N.[Y].[Y]. The minimum Gasteiger partial charge on any atom is -0.486 e. The van der Waals surface area contributed by atoms with Crippen LogP contribution in [0, 0.1) is 7.05 Å². The minimum absolute atomic E-state index is 0. The van der Waals surface area contributed by atoms with E-state index in [4.69, 9.17) is 0 Å². The first-order chi connectivity index (χ1) is 1.00. The van der Waals surface area contributed by atoms with Gasteiger partial charge in [-0.25, -0.2) is 0 Å². The second-order valence-electron chi connectivity index (χ2n) is 0. The van der Waals surface area contributed by atoms with Crippen molar-refractivity contribution in [2.24, 2.45) is 5.73 Å². The van der Waals surface area contributed by atoms with Gasteiger partial charge in [0, 0.05) is 65.4 Å². The largest absolute Gasteiger partial charge is 0.486 e. The van der Waals surface area contributed by atoms with Crippen molar-refractivity contribution in [1.29, 1.82) is 0 Å². The zero-order valence-corrected chi connectivity index (χ0v) is 8.12. The van der Waals surface area contributed by atoms with Gasteiger partial charge in [-0.1, -0.05) is 0 Å². The van der Waals surface area contributed by atoms with E-state index in [0.29, 0.717) is 0 Å². The van der Waals surface area contributed by atoms with Gasteiger partial charge in [0.2, 0.25) is 0 Å². The Balaban J connectivity index is -0.00000000500. The minimum atomic E-state index is 0. The molecule has 0 aromatic carbocycles. The van der Waals surface area contributed by atoms with Crippen LogP contribution in [0.2, 0.25) is 0 Å². The van der Waals surface area contributed by atoms with Crippen molar-refractivity contribution in [2.45, 2.75) is 0 Å². The van der Waals surface area contributed by atoms with Crippen molar-refractivity contribution >= 4 is 0 Å². The average Bonchev–Trinajstić information content (AvgIpc) is 1.00. The summed E-state index contributed by atoms with van der Waals surface area (Å²) in [6, 6.07) is 0. The maximum absolute atomic E-state index is 4.25. The van der Waals surface area contributed by atoms with Crippen molar-refractivity contribution in [3.8, 4) is 0 Å². The zero-order valence-electron chi connectivity index (χ0n) is 2.44. The summed E-state index contributed by atoms with van der Waals surface area (Å²) in [6.45, 7) is 0. The third-order valence-corrected chi connectivity index (χ3v) is 0. The van der Waals surface area contributed by atoms with Crippen molar-refractivity contribution in [1.82, 2.24) is 0 Å². The molecule has 1 nitrogen and oxygen atoms in total. The molecule has 0 heterocycles. The van der Waals surface area contributed by atoms with Crippen LogP contribution >= 0.6 is 0 Å². The van der Waals surface area contributed by atoms with Crippen LogP contribution in [0.1, 0.15) is 0 Å². The predicted molar refractivity (Wildman–Crippen MR) is 9.54 cm³/mol. The summed E-state index contributed by atoms with van der Waals surface area (Å²) in [4.78, 5) is 0. The molecule has 3 heteroatoms. The molecule has 0 aromatic rings. The second-order valence-corrected chi connectivity index (χ2v) is 0. The van der Waals surface area contributed by atoms with Crippen LogP contribution in [0.15, 0.2) is 0 Å². The van der Waals surface area contributed by atoms with Crippen LogP contribution in [-0.2, 0) is 65.4 Å². The van der Waals surface area contributed by atoms with Crippen LogP contribution in [0.25, 0.3) is 0 Å². The summed E-state index contributed by atoms with van der Waals surface area (Å²) in [5, 5.41) is 0. The molecule has 2 radical (unpaired) electrons. The van der Waals surface area contributed by atoms with Gasteiger partial charge >= 0.3 is 0 Å². The molecule has 0 aromatic heterocycles. The van der Waals surface area contributed by atoms with Crippen LogP contribution < -0.4 is 5.73 Å². The standard InChI is InChI=1S/CH4N.2Y/c1-2;;/h1-2H2;;/q-1;;. The molecule has 0 rings (SSSR count). The Bertz CT molecular complexity index is 6.00. The summed E-state index contributed by atoms with van der Waals surface area (Å²) >= 11 is 0. The summed E-state index contributed by atoms with van der Waals surface area (Å²) in [5.41, 5.74) is 4.25. The van der Waals surface area contributed by atoms with E-state index < -0.39 is 0 Å². The molecule has 0 unspecified atom stereocenters. The van der Waals surface area contributed by atoms with Crippen LogP contribution in [-0.4, -0.2) is 0 Å². The smallest absolute Gasteiger partial charge is 0 e. The van der Waals surface area contributed by atoms with Crippen molar-refractivity contribution in [3.63, 3.8) is 0 Å². The molecule has 0 saturated heterocycles. The molecule has 0 amide bonds. The molecular weight excluding hydrogens is 204 g/mol. The van der Waals surface area contributed by atoms with Gasteiger partial charge in [-0.2, -0.15) is 0 Å². The first-order valence-electron chi connectivity index (χ1n) is 0.408. The topological polar surface area (TPSA) is 26.0 Å². The first-order valence-corrected chi connectivity index (χ1v) is 0.408. The van der Waals surface area contributed by atoms with Crippen molar-refractivity contribution < 1.29 is 65.4 Å². The normalized spacial score (nSPS) is 1.50. The fourth-order valence-electron chi connectivity index (χ4n) is 0. The van der Waals surface area contributed by atoms with Crippen molar-refractivity contribution in [3.05, 3.63) is 7.05 Å². The fourth-order valence-corrected chi connectivity index (χ4v) is 0. The molecule has 0 atom stereocenters. The van der Waals surface area contributed by atoms with E-state index in [9.17, 15) is 0 Å². The quantitative estimate of drug-likeness (QED) is 0.544. The molecule has 0 fully saturated rings. The third-order valence-electron chi connectivity index (χ3n) is 0. The molecule has 0 saturated carbocycles. The molecule has 0 bridgehead atoms. The van der Waals surface area contributed by atoms with E-state index in [1.165, 1.54) is 0 Å². The van der Waals surface area contributed by atoms with Gasteiger partial charge in [-0.05, 0) is 0 Å². The molecular formula is CH4NY2-. The second kappa shape index (κ2) is 19.1. The molecule has 0 spiro atoms. The Labute approximate surface area is 76.8 Å². The Morgan fingerprint density at radius 2 is 1.00 bits per heavy atom. The van der Waals surface area contributed by atoms with Crippen LogP contribution in [0.3, 0.4) is 0 Å². The molecule has 20 valence electrons. The van der Waals surface area contributed by atoms with E-state index >= 15 is 0 Å². The number of hydrogen-bond acceptors (Lipinski definition) is 1. The fraction of sp³-hybridized carbons (Fsp3) is 0. The van der Waals surface area contributed by atoms with E-state index in [0.717, 1.165) is 0 Å². The Morgan fingerprint density at radius 1 is 1.00 bits per heavy atom. The third kappa shape index (κ3) is 8.90. The first kappa shape index (κ1) is 16.4. The molecule has 0 aliphatic carbocycles. The zero-order chi connectivity index (χ0) is 2.00. The number of hydrogen-bond donors (Lipinski definition) is 1. The predicted octanol–water partition coefficient (Wildman–Crippen LogP) is -0.268. The summed E-state index contributed by atoms with van der Waals surface area (Å²) in [5.74, 6) is 0. The van der Waals surface area contributed by atoms with Crippen LogP contribution in [0.4, 0.5) is 0 Å². The van der Waals surface area contributed by atoms with E-state index in [2.05, 4.69) is 12.8 Å². The number of rotatable bonds is 0. The van der Waals surface area contributed by atoms with Crippen molar-refractivity contribution in [2.75, 3.05) is 0 Å². The van der Waals surface area contributed by atoms with Crippen LogP contribution in [0.5, 0.6) is 0 Å². The Hall–Kier alpha value is 2.17. The average molecular weight is 208 g/mol. The Kier molecular flexibility index (Phi) is 78.4. The maximum atomic E-state index is 4.25. The molecule has 4 heavy (non-hydrogen) atoms. The van der Waals surface area contributed by atoms with E-state index in [1.54, 1.807) is 0 Å². The van der Waals surface area contributed by atoms with Gasteiger partial charge < -0.3 is 5.73 Å². The molecule has 2 N–H and O–H groups in total. The summed E-state index contributed by atoms with van der Waals surface area (Å²) < 4.78 is 0. The Morgan fingerprint density at radius 3 is 1.00 bits per heavy atom. The van der Waals surface area contributed by atoms with Gasteiger partial charge in [0.25, 0.3) is 0 Å². The maximum Gasteiger partial charge on any atom is 0 e. The van der Waals surface area contributed by atoms with Gasteiger partial charge in [-0.15, -0.1) is 0 Å². The molecule has 0 aliphatic heterocycles. The molecule has 0 aliphatic rings. The van der Waals surface area contributed by atoms with Gasteiger partial charge in [0.05, 0.1) is 0 Å².